The van der Waals surface area contributed by atoms with Gasteiger partial charge in [0.15, 0.2) is 0 Å². The van der Waals surface area contributed by atoms with Gasteiger partial charge >= 0.3 is 10.4 Å². The van der Waals surface area contributed by atoms with E-state index >= 15 is 0 Å². The molecule has 19 heteroatoms. The molecule has 0 aromatic carbocycles. The van der Waals surface area contributed by atoms with Gasteiger partial charge in [0.1, 0.15) is 12.1 Å². The fourth-order valence-electron chi connectivity index (χ4n) is 4.95. The maximum atomic E-state index is 12.4. The van der Waals surface area contributed by atoms with E-state index in [0.29, 0.717) is 12.8 Å². The first-order valence-electron chi connectivity index (χ1n) is 15.5. The SMILES string of the molecule is CC(C)C[C@H](C(=O)NCC(N)=O)N(C)C(=O)[C@@H]1CCCN1.CC(C)C[C@H](C(=O)NCC(N)=O)N(C)C(=O)[C@@H]1CCCN1.O=S(=O)(O)O. The standard InChI is InChI=1S/2C14H26N4O3.H2O4S/c2*1-9(2)7-11(13(20)17-8-12(15)19)18(3)14(21)10-5-4-6-16-10;1-5(2,3)4/h2*9-11,16H,4-8H2,1-3H3,(H2,15,19)(H,17,20);(H2,1,2,3,4)/t2*10-,11+;/m00./s1. The zero-order chi connectivity index (χ0) is 36.5. The van der Waals surface area contributed by atoms with Crippen LogP contribution in [0.2, 0.25) is 0 Å². The van der Waals surface area contributed by atoms with Crippen LogP contribution in [0.15, 0.2) is 0 Å². The summed E-state index contributed by atoms with van der Waals surface area (Å²) in [5.41, 5.74) is 10.1. The first-order valence-corrected chi connectivity index (χ1v) is 16.9. The van der Waals surface area contributed by atoms with Crippen LogP contribution in [0.4, 0.5) is 0 Å². The Labute approximate surface area is 277 Å². The topological polar surface area (TPSA) is 284 Å². The Morgan fingerprint density at radius 2 is 1.02 bits per heavy atom. The highest BCUT2D eigenvalue weighted by Gasteiger charge is 2.34. The van der Waals surface area contributed by atoms with E-state index in [2.05, 4.69) is 21.3 Å². The Bertz CT molecular complexity index is 1070. The average Bonchev–Trinajstić information content (AvgIpc) is 3.69. The second-order valence-electron chi connectivity index (χ2n) is 12.3. The Morgan fingerprint density at radius 1 is 0.723 bits per heavy atom. The summed E-state index contributed by atoms with van der Waals surface area (Å²) in [5.74, 6) is -1.52. The lowest BCUT2D eigenvalue weighted by Crippen LogP contribution is -2.53. The van der Waals surface area contributed by atoms with Crippen molar-refractivity contribution in [2.45, 2.75) is 90.4 Å². The van der Waals surface area contributed by atoms with Gasteiger partial charge in [0.2, 0.25) is 35.4 Å². The third-order valence-electron chi connectivity index (χ3n) is 7.22. The van der Waals surface area contributed by atoms with Crippen molar-refractivity contribution in [3.63, 3.8) is 0 Å². The van der Waals surface area contributed by atoms with Gasteiger partial charge in [-0.3, -0.25) is 37.9 Å². The predicted molar refractivity (Wildman–Crippen MR) is 173 cm³/mol. The van der Waals surface area contributed by atoms with E-state index in [9.17, 15) is 28.8 Å². The van der Waals surface area contributed by atoms with E-state index < -0.39 is 34.3 Å². The monoisotopic (exact) mass is 694 g/mol. The van der Waals surface area contributed by atoms with Crippen LogP contribution in [-0.4, -0.2) is 127 Å². The largest absolute Gasteiger partial charge is 0.394 e. The van der Waals surface area contributed by atoms with Gasteiger partial charge in [-0.2, -0.15) is 8.42 Å². The Morgan fingerprint density at radius 3 is 1.23 bits per heavy atom. The van der Waals surface area contributed by atoms with Crippen LogP contribution in [0, 0.1) is 11.8 Å². The number of nitrogens with zero attached hydrogens (tertiary/aromatic N) is 2. The molecule has 2 fully saturated rings. The van der Waals surface area contributed by atoms with Crippen molar-refractivity contribution in [2.24, 2.45) is 23.3 Å². The average molecular weight is 695 g/mol. The number of nitrogens with one attached hydrogen (secondary N) is 4. The number of hydrogen-bond donors (Lipinski definition) is 8. The minimum atomic E-state index is -4.67. The van der Waals surface area contributed by atoms with Crippen molar-refractivity contribution in [3.8, 4) is 0 Å². The summed E-state index contributed by atoms with van der Waals surface area (Å²) in [6.07, 6.45) is 4.60. The molecule has 18 nitrogen and oxygen atoms in total. The summed E-state index contributed by atoms with van der Waals surface area (Å²) in [5, 5.41) is 11.2. The summed E-state index contributed by atoms with van der Waals surface area (Å²) >= 11 is 0. The summed E-state index contributed by atoms with van der Waals surface area (Å²) in [4.78, 5) is 73.8. The zero-order valence-corrected chi connectivity index (χ0v) is 29.0. The highest BCUT2D eigenvalue weighted by atomic mass is 32.3. The molecule has 0 aromatic heterocycles. The van der Waals surface area contributed by atoms with E-state index in [1.165, 1.54) is 9.80 Å². The van der Waals surface area contributed by atoms with E-state index in [1.807, 2.05) is 27.7 Å². The van der Waals surface area contributed by atoms with Crippen molar-refractivity contribution < 1.29 is 46.3 Å². The molecule has 2 saturated heterocycles. The Kier molecular flexibility index (Phi) is 19.9. The number of rotatable bonds is 14. The number of primary amides is 2. The molecule has 0 unspecified atom stereocenters. The number of likely N-dealkylation sites (N-methyl/N-ethyl adjacent to an activating group) is 2. The van der Waals surface area contributed by atoms with Gasteiger partial charge in [-0.15, -0.1) is 0 Å². The molecule has 2 rings (SSSR count). The molecule has 272 valence electrons. The van der Waals surface area contributed by atoms with Crippen molar-refractivity contribution in [3.05, 3.63) is 0 Å². The highest BCUT2D eigenvalue weighted by molar-refractivity contribution is 7.79. The van der Waals surface area contributed by atoms with E-state index in [4.69, 9.17) is 29.0 Å². The highest BCUT2D eigenvalue weighted by Crippen LogP contribution is 2.16. The molecular weight excluding hydrogens is 640 g/mol. The number of carbonyl (C=O) groups excluding carboxylic acids is 6. The van der Waals surface area contributed by atoms with Gasteiger partial charge in [0, 0.05) is 14.1 Å². The van der Waals surface area contributed by atoms with E-state index in [1.54, 1.807) is 14.1 Å². The van der Waals surface area contributed by atoms with E-state index in [-0.39, 0.29) is 60.6 Å². The molecule has 0 radical (unpaired) electrons. The smallest absolute Gasteiger partial charge is 0.368 e. The van der Waals surface area contributed by atoms with Gasteiger partial charge in [0.05, 0.1) is 25.2 Å². The van der Waals surface area contributed by atoms with Crippen LogP contribution in [-0.2, 0) is 39.2 Å². The van der Waals surface area contributed by atoms with Gasteiger partial charge in [-0.05, 0) is 63.5 Å². The molecule has 6 amide bonds. The van der Waals surface area contributed by atoms with E-state index in [0.717, 1.165) is 38.8 Å². The molecule has 47 heavy (non-hydrogen) atoms. The van der Waals surface area contributed by atoms with Crippen LogP contribution >= 0.6 is 0 Å². The normalized spacial score (nSPS) is 18.5. The van der Waals surface area contributed by atoms with Crippen LogP contribution in [0.3, 0.4) is 0 Å². The Balaban J connectivity index is 0.000000787. The number of hydrogen-bond acceptors (Lipinski definition) is 10. The van der Waals surface area contributed by atoms with Crippen LogP contribution in [0.1, 0.15) is 66.2 Å². The van der Waals surface area contributed by atoms with Crippen molar-refractivity contribution in [1.29, 1.82) is 0 Å². The van der Waals surface area contributed by atoms with Crippen LogP contribution in [0.5, 0.6) is 0 Å². The van der Waals surface area contributed by atoms with Crippen LogP contribution < -0.4 is 32.7 Å². The summed E-state index contributed by atoms with van der Waals surface area (Å²) in [7, 11) is -1.39. The van der Waals surface area contributed by atoms with Gasteiger partial charge < -0.3 is 42.5 Å². The third kappa shape index (κ3) is 19.1. The molecule has 4 atom stereocenters. The third-order valence-corrected chi connectivity index (χ3v) is 7.22. The molecule has 0 saturated carbocycles. The Hall–Kier alpha value is -3.39. The van der Waals surface area contributed by atoms with Crippen molar-refractivity contribution >= 4 is 45.8 Å². The molecular formula is C28H54N8O10S. The number of amides is 6. The lowest BCUT2D eigenvalue weighted by Gasteiger charge is -2.30. The molecule has 2 aliphatic heterocycles. The van der Waals surface area contributed by atoms with Crippen molar-refractivity contribution in [2.75, 3.05) is 40.3 Å². The zero-order valence-electron chi connectivity index (χ0n) is 28.2. The number of carbonyl (C=O) groups is 6. The first-order chi connectivity index (χ1) is 21.6. The second kappa shape index (κ2) is 21.5. The summed E-state index contributed by atoms with van der Waals surface area (Å²) in [6.45, 7) is 9.18. The summed E-state index contributed by atoms with van der Waals surface area (Å²) < 4.78 is 31.6. The first kappa shape index (κ1) is 43.6. The lowest BCUT2D eigenvalue weighted by molar-refractivity contribution is -0.141. The minimum absolute atomic E-state index is 0.0765. The molecule has 0 aromatic rings. The molecule has 2 aliphatic rings. The predicted octanol–water partition coefficient (Wildman–Crippen LogP) is -2.23. The van der Waals surface area contributed by atoms with Crippen molar-refractivity contribution in [1.82, 2.24) is 31.1 Å². The van der Waals surface area contributed by atoms with Gasteiger partial charge in [-0.25, -0.2) is 0 Å². The molecule has 2 heterocycles. The minimum Gasteiger partial charge on any atom is -0.368 e. The maximum absolute atomic E-state index is 12.4. The second-order valence-corrected chi connectivity index (χ2v) is 13.2. The molecule has 10 N–H and O–H groups in total. The van der Waals surface area contributed by atoms with Gasteiger partial charge in [-0.1, -0.05) is 27.7 Å². The van der Waals surface area contributed by atoms with Gasteiger partial charge in [0.25, 0.3) is 0 Å². The summed E-state index contributed by atoms with van der Waals surface area (Å²) in [6, 6.07) is -1.60. The lowest BCUT2D eigenvalue weighted by atomic mass is 10.0. The molecule has 0 aliphatic carbocycles. The van der Waals surface area contributed by atoms with Crippen LogP contribution in [0.25, 0.3) is 0 Å². The molecule has 0 bridgehead atoms. The number of nitrogens with two attached hydrogens (primary N) is 2. The fourth-order valence-corrected chi connectivity index (χ4v) is 4.95. The fraction of sp³-hybridized carbons (Fsp3) is 0.786. The molecule has 0 spiro atoms. The maximum Gasteiger partial charge on any atom is 0.394 e. The quantitative estimate of drug-likeness (QED) is 0.0897.